The molecule has 0 spiro atoms. The summed E-state index contributed by atoms with van der Waals surface area (Å²) in [6.07, 6.45) is 0.804. The summed E-state index contributed by atoms with van der Waals surface area (Å²) in [5.74, 6) is -0.511. The summed E-state index contributed by atoms with van der Waals surface area (Å²) in [5, 5.41) is 6.14. The fraction of sp³-hybridized carbons (Fsp3) is 0.350. The van der Waals surface area contributed by atoms with Crippen LogP contribution in [0.2, 0.25) is 0 Å². The molecule has 2 N–H and O–H groups in total. The zero-order valence-electron chi connectivity index (χ0n) is 17.0. The van der Waals surface area contributed by atoms with Crippen molar-refractivity contribution in [2.24, 2.45) is 4.99 Å². The lowest BCUT2D eigenvalue weighted by atomic mass is 10.1. The number of hydrogen-bond acceptors (Lipinski definition) is 4. The number of nitrogens with one attached hydrogen (secondary N) is 2. The van der Waals surface area contributed by atoms with Gasteiger partial charge in [0.25, 0.3) is 0 Å². The van der Waals surface area contributed by atoms with Gasteiger partial charge >= 0.3 is 0 Å². The number of nitrogens with zero attached hydrogens (tertiary/aromatic N) is 1. The average molecular weight is 553 g/mol. The van der Waals surface area contributed by atoms with Gasteiger partial charge in [-0.05, 0) is 41.0 Å². The van der Waals surface area contributed by atoms with E-state index in [0.29, 0.717) is 23.6 Å². The molecule has 0 saturated carbocycles. The van der Waals surface area contributed by atoms with Gasteiger partial charge in [0.05, 0.1) is 11.9 Å². The van der Waals surface area contributed by atoms with Crippen LogP contribution in [0.25, 0.3) is 0 Å². The Hall–Kier alpha value is -1.79. The average Bonchev–Trinajstić information content (AvgIpc) is 2.66. The lowest BCUT2D eigenvalue weighted by Crippen LogP contribution is -2.39. The summed E-state index contributed by atoms with van der Waals surface area (Å²) < 4.78 is 55.4. The van der Waals surface area contributed by atoms with Crippen LogP contribution < -0.4 is 10.6 Å². The SMILES string of the molecule is CN=C(NCc1cc(F)ccc1CS(C)(=O)=O)NCC(OC)c1ccc(F)cc1.I. The first kappa shape index (κ1) is 26.2. The monoisotopic (exact) mass is 553 g/mol. The Balaban J connectivity index is 0.00000450. The molecule has 0 fully saturated rings. The third-order valence-corrected chi connectivity index (χ3v) is 5.07. The smallest absolute Gasteiger partial charge is 0.191 e. The Labute approximate surface area is 193 Å². The third kappa shape index (κ3) is 8.52. The molecule has 0 aliphatic heterocycles. The maximum Gasteiger partial charge on any atom is 0.191 e. The van der Waals surface area contributed by atoms with Gasteiger partial charge in [-0.25, -0.2) is 17.2 Å². The van der Waals surface area contributed by atoms with Crippen molar-refractivity contribution in [3.63, 3.8) is 0 Å². The predicted molar refractivity (Wildman–Crippen MR) is 125 cm³/mol. The van der Waals surface area contributed by atoms with Crippen molar-refractivity contribution >= 4 is 39.8 Å². The van der Waals surface area contributed by atoms with E-state index >= 15 is 0 Å². The lowest BCUT2D eigenvalue weighted by Gasteiger charge is -2.19. The van der Waals surface area contributed by atoms with Crippen molar-refractivity contribution in [2.75, 3.05) is 27.0 Å². The minimum atomic E-state index is -3.25. The Morgan fingerprint density at radius 3 is 2.27 bits per heavy atom. The summed E-state index contributed by atoms with van der Waals surface area (Å²) in [6.45, 7) is 0.553. The van der Waals surface area contributed by atoms with Crippen molar-refractivity contribution in [3.05, 3.63) is 70.8 Å². The first-order chi connectivity index (χ1) is 13.7. The second-order valence-electron chi connectivity index (χ2n) is 6.57. The molecule has 0 aliphatic rings. The molecule has 1 unspecified atom stereocenters. The van der Waals surface area contributed by atoms with E-state index in [4.69, 9.17) is 4.74 Å². The van der Waals surface area contributed by atoms with Crippen LogP contribution in [0.1, 0.15) is 22.8 Å². The maximum atomic E-state index is 13.6. The molecule has 0 saturated heterocycles. The van der Waals surface area contributed by atoms with Crippen LogP contribution in [0.15, 0.2) is 47.5 Å². The van der Waals surface area contributed by atoms with Crippen LogP contribution in [0.5, 0.6) is 0 Å². The Kier molecular flexibility index (Phi) is 10.6. The van der Waals surface area contributed by atoms with E-state index in [-0.39, 0.29) is 48.2 Å². The highest BCUT2D eigenvalue weighted by Gasteiger charge is 2.13. The second-order valence-corrected chi connectivity index (χ2v) is 8.71. The highest BCUT2D eigenvalue weighted by molar-refractivity contribution is 14.0. The molecule has 0 bridgehead atoms. The molecule has 10 heteroatoms. The van der Waals surface area contributed by atoms with Crippen molar-refractivity contribution in [1.29, 1.82) is 0 Å². The number of halogens is 3. The van der Waals surface area contributed by atoms with Crippen molar-refractivity contribution in [1.82, 2.24) is 10.6 Å². The molecule has 2 aromatic rings. The van der Waals surface area contributed by atoms with Crippen molar-refractivity contribution in [3.8, 4) is 0 Å². The zero-order chi connectivity index (χ0) is 21.4. The van der Waals surface area contributed by atoms with E-state index in [9.17, 15) is 17.2 Å². The molecule has 0 heterocycles. The number of benzene rings is 2. The van der Waals surface area contributed by atoms with Gasteiger partial charge in [-0.1, -0.05) is 18.2 Å². The molecule has 2 rings (SSSR count). The highest BCUT2D eigenvalue weighted by Crippen LogP contribution is 2.16. The largest absolute Gasteiger partial charge is 0.375 e. The number of aliphatic imine (C=N–C) groups is 1. The van der Waals surface area contributed by atoms with Crippen LogP contribution in [-0.2, 0) is 26.9 Å². The molecule has 30 heavy (non-hydrogen) atoms. The second kappa shape index (κ2) is 12.2. The van der Waals surface area contributed by atoms with Gasteiger partial charge in [0.1, 0.15) is 11.6 Å². The van der Waals surface area contributed by atoms with E-state index in [0.717, 1.165) is 11.8 Å². The molecule has 0 radical (unpaired) electrons. The molecule has 6 nitrogen and oxygen atoms in total. The first-order valence-corrected chi connectivity index (χ1v) is 11.0. The number of ether oxygens (including phenoxy) is 1. The summed E-state index contributed by atoms with van der Waals surface area (Å²) in [6, 6.07) is 10.0. The zero-order valence-corrected chi connectivity index (χ0v) is 20.1. The number of methoxy groups -OCH3 is 1. The Morgan fingerprint density at radius 1 is 1.07 bits per heavy atom. The van der Waals surface area contributed by atoms with Gasteiger partial charge in [-0.15, -0.1) is 24.0 Å². The summed E-state index contributed by atoms with van der Waals surface area (Å²) in [4.78, 5) is 4.11. The van der Waals surface area contributed by atoms with Crippen LogP contribution in [-0.4, -0.2) is 41.3 Å². The normalized spacial score (nSPS) is 12.8. The molecule has 0 aliphatic carbocycles. The molecule has 166 valence electrons. The van der Waals surface area contributed by atoms with Gasteiger partial charge < -0.3 is 15.4 Å². The standard InChI is InChI=1S/C20H25F2N3O3S.HI/c1-23-20(25-12-19(28-2)14-4-7-17(21)8-5-14)24-11-16-10-18(22)9-6-15(16)13-29(3,26)27;/h4-10,19H,11-13H2,1-3H3,(H2,23,24,25);1H. The van der Waals surface area contributed by atoms with E-state index in [2.05, 4.69) is 15.6 Å². The quantitative estimate of drug-likeness (QED) is 0.299. The summed E-state index contributed by atoms with van der Waals surface area (Å²) >= 11 is 0. The minimum absolute atomic E-state index is 0. The molecule has 0 amide bonds. The summed E-state index contributed by atoms with van der Waals surface area (Å²) in [7, 11) is -0.121. The number of rotatable bonds is 8. The minimum Gasteiger partial charge on any atom is -0.375 e. The fourth-order valence-electron chi connectivity index (χ4n) is 2.79. The first-order valence-electron chi connectivity index (χ1n) is 8.89. The van der Waals surface area contributed by atoms with Gasteiger partial charge in [0.15, 0.2) is 15.8 Å². The number of hydrogen-bond donors (Lipinski definition) is 2. The Morgan fingerprint density at radius 2 is 1.70 bits per heavy atom. The highest BCUT2D eigenvalue weighted by atomic mass is 127. The van der Waals surface area contributed by atoms with Gasteiger partial charge in [0.2, 0.25) is 0 Å². The van der Waals surface area contributed by atoms with Crippen LogP contribution in [0.4, 0.5) is 8.78 Å². The van der Waals surface area contributed by atoms with Gasteiger partial charge in [0, 0.05) is 33.5 Å². The number of sulfone groups is 1. The van der Waals surface area contributed by atoms with E-state index in [1.807, 2.05) is 0 Å². The van der Waals surface area contributed by atoms with Crippen LogP contribution in [0.3, 0.4) is 0 Å². The van der Waals surface area contributed by atoms with E-state index in [1.165, 1.54) is 30.3 Å². The maximum absolute atomic E-state index is 13.6. The van der Waals surface area contributed by atoms with Crippen molar-refractivity contribution in [2.45, 2.75) is 18.4 Å². The third-order valence-electron chi connectivity index (χ3n) is 4.24. The van der Waals surface area contributed by atoms with Crippen molar-refractivity contribution < 1.29 is 21.9 Å². The van der Waals surface area contributed by atoms with Crippen LogP contribution >= 0.6 is 24.0 Å². The lowest BCUT2D eigenvalue weighted by molar-refractivity contribution is 0.106. The molecule has 0 aromatic heterocycles. The fourth-order valence-corrected chi connectivity index (χ4v) is 3.63. The van der Waals surface area contributed by atoms with E-state index in [1.54, 1.807) is 26.3 Å². The van der Waals surface area contributed by atoms with Gasteiger partial charge in [-0.2, -0.15) is 0 Å². The number of guanidine groups is 1. The molecular formula is C20H26F2IN3O3S. The summed E-state index contributed by atoms with van der Waals surface area (Å²) in [5.41, 5.74) is 1.86. The molecular weight excluding hydrogens is 527 g/mol. The molecule has 2 aromatic carbocycles. The predicted octanol–water partition coefficient (Wildman–Crippen LogP) is 3.18. The van der Waals surface area contributed by atoms with Gasteiger partial charge in [-0.3, -0.25) is 4.99 Å². The van der Waals surface area contributed by atoms with E-state index < -0.39 is 15.7 Å². The van der Waals surface area contributed by atoms with Crippen LogP contribution in [0, 0.1) is 11.6 Å². The molecule has 1 atom stereocenters. The Bertz CT molecular complexity index is 954. The topological polar surface area (TPSA) is 79.8 Å².